The normalized spacial score (nSPS) is 21.2. The van der Waals surface area contributed by atoms with Gasteiger partial charge < -0.3 is 4.57 Å². The van der Waals surface area contributed by atoms with E-state index in [1.54, 1.807) is 0 Å². The van der Waals surface area contributed by atoms with Crippen molar-refractivity contribution >= 4 is 12.4 Å². The first-order chi connectivity index (χ1) is 9.34. The van der Waals surface area contributed by atoms with Crippen molar-refractivity contribution in [2.24, 2.45) is 0 Å². The van der Waals surface area contributed by atoms with Crippen molar-refractivity contribution in [1.29, 1.82) is 0 Å². The first-order valence-electron chi connectivity index (χ1n) is 7.12. The van der Waals surface area contributed by atoms with E-state index in [1.807, 2.05) is 6.07 Å². The zero-order chi connectivity index (χ0) is 14.5. The van der Waals surface area contributed by atoms with Gasteiger partial charge in [-0.3, -0.25) is 0 Å². The second kappa shape index (κ2) is 4.33. The average Bonchev–Trinajstić information content (AvgIpc) is 2.37. The van der Waals surface area contributed by atoms with Crippen LogP contribution in [0.25, 0.3) is 11.1 Å². The van der Waals surface area contributed by atoms with E-state index < -0.39 is 7.14 Å². The van der Waals surface area contributed by atoms with Crippen LogP contribution in [0.2, 0.25) is 0 Å². The van der Waals surface area contributed by atoms with Gasteiger partial charge in [-0.15, -0.1) is 0 Å². The lowest BCUT2D eigenvalue weighted by atomic mass is 9.98. The van der Waals surface area contributed by atoms with Gasteiger partial charge in [0.05, 0.1) is 0 Å². The summed E-state index contributed by atoms with van der Waals surface area (Å²) in [5.41, 5.74) is 4.81. The molecule has 1 atom stereocenters. The summed E-state index contributed by atoms with van der Waals surface area (Å²) >= 11 is 0. The fourth-order valence-electron chi connectivity index (χ4n) is 3.17. The first-order valence-corrected chi connectivity index (χ1v) is 9.01. The lowest BCUT2D eigenvalue weighted by Gasteiger charge is -2.38. The highest BCUT2D eigenvalue weighted by Crippen LogP contribution is 2.63. The van der Waals surface area contributed by atoms with Gasteiger partial charge in [0, 0.05) is 16.6 Å². The van der Waals surface area contributed by atoms with Gasteiger partial charge in [0.1, 0.15) is 7.14 Å². The third-order valence-electron chi connectivity index (χ3n) is 4.38. The van der Waals surface area contributed by atoms with Crippen LogP contribution < -0.4 is 5.30 Å². The van der Waals surface area contributed by atoms with Crippen molar-refractivity contribution in [2.45, 2.75) is 39.0 Å². The summed E-state index contributed by atoms with van der Waals surface area (Å²) in [5.74, 6) is 0. The first kappa shape index (κ1) is 13.6. The van der Waals surface area contributed by atoms with Gasteiger partial charge in [0.15, 0.2) is 0 Å². The molecule has 0 N–H and O–H groups in total. The van der Waals surface area contributed by atoms with Gasteiger partial charge in [-0.1, -0.05) is 63.2 Å². The Morgan fingerprint density at radius 1 is 0.950 bits per heavy atom. The standard InChI is InChI=1S/C18H21OP/c1-13-8-7-11-16-15-10-6-5-9-14(15)12-20(19,17(13)16)18(2,3)4/h5-11H,12H2,1-4H3. The maximum absolute atomic E-state index is 13.9. The molecule has 104 valence electrons. The minimum atomic E-state index is -2.46. The molecule has 2 aromatic carbocycles. The van der Waals surface area contributed by atoms with E-state index in [9.17, 15) is 4.57 Å². The Bertz CT molecular complexity index is 722. The van der Waals surface area contributed by atoms with Crippen molar-refractivity contribution in [1.82, 2.24) is 0 Å². The fraction of sp³-hybridized carbons (Fsp3) is 0.333. The van der Waals surface area contributed by atoms with E-state index in [2.05, 4.69) is 64.1 Å². The number of hydrogen-bond acceptors (Lipinski definition) is 1. The molecule has 20 heavy (non-hydrogen) atoms. The van der Waals surface area contributed by atoms with E-state index >= 15 is 0 Å². The summed E-state index contributed by atoms with van der Waals surface area (Å²) < 4.78 is 13.9. The van der Waals surface area contributed by atoms with Gasteiger partial charge in [-0.05, 0) is 29.2 Å². The lowest BCUT2D eigenvalue weighted by Crippen LogP contribution is -2.30. The maximum atomic E-state index is 13.9. The largest absolute Gasteiger partial charge is 0.318 e. The summed E-state index contributed by atoms with van der Waals surface area (Å²) in [5, 5.41) is 0.896. The maximum Gasteiger partial charge on any atom is 0.125 e. The number of fused-ring (bicyclic) bond motifs is 3. The third-order valence-corrected chi connectivity index (χ3v) is 8.65. The van der Waals surface area contributed by atoms with Crippen molar-refractivity contribution in [3.05, 3.63) is 53.6 Å². The van der Waals surface area contributed by atoms with E-state index in [0.717, 1.165) is 10.9 Å². The zero-order valence-electron chi connectivity index (χ0n) is 12.6. The van der Waals surface area contributed by atoms with E-state index in [-0.39, 0.29) is 5.16 Å². The Morgan fingerprint density at radius 2 is 1.60 bits per heavy atom. The second-order valence-electron chi connectivity index (χ2n) is 6.70. The summed E-state index contributed by atoms with van der Waals surface area (Å²) in [6.07, 6.45) is 0.685. The third kappa shape index (κ3) is 1.80. The summed E-state index contributed by atoms with van der Waals surface area (Å²) in [4.78, 5) is 0. The Balaban J connectivity index is 2.41. The number of hydrogen-bond donors (Lipinski definition) is 0. The Morgan fingerprint density at radius 3 is 2.30 bits per heavy atom. The van der Waals surface area contributed by atoms with Crippen LogP contribution in [0.3, 0.4) is 0 Å². The average molecular weight is 284 g/mol. The fourth-order valence-corrected chi connectivity index (χ4v) is 6.46. The molecule has 1 nitrogen and oxygen atoms in total. The minimum Gasteiger partial charge on any atom is -0.318 e. The quantitative estimate of drug-likeness (QED) is 0.625. The SMILES string of the molecule is Cc1cccc2c1P(=O)(C(C)(C)C)Cc1ccccc1-2. The number of aryl methyl sites for hydroxylation is 1. The molecule has 3 rings (SSSR count). The van der Waals surface area contributed by atoms with Crippen LogP contribution in [-0.4, -0.2) is 5.16 Å². The Kier molecular flexibility index (Phi) is 2.95. The highest BCUT2D eigenvalue weighted by Gasteiger charge is 2.43. The molecular weight excluding hydrogens is 263 g/mol. The molecule has 0 bridgehead atoms. The van der Waals surface area contributed by atoms with Crippen molar-refractivity contribution in [3.63, 3.8) is 0 Å². The van der Waals surface area contributed by atoms with Crippen LogP contribution in [0.15, 0.2) is 42.5 Å². The molecule has 0 fully saturated rings. The molecule has 0 radical (unpaired) electrons. The number of benzene rings is 2. The van der Waals surface area contributed by atoms with Gasteiger partial charge >= 0.3 is 0 Å². The molecule has 0 aliphatic carbocycles. The second-order valence-corrected chi connectivity index (χ2v) is 10.3. The molecule has 0 amide bonds. The lowest BCUT2D eigenvalue weighted by molar-refractivity contribution is 0.555. The molecule has 2 heteroatoms. The monoisotopic (exact) mass is 284 g/mol. The predicted octanol–water partition coefficient (Wildman–Crippen LogP) is 4.96. The van der Waals surface area contributed by atoms with Gasteiger partial charge in [0.2, 0.25) is 0 Å². The van der Waals surface area contributed by atoms with Crippen LogP contribution in [0.4, 0.5) is 0 Å². The van der Waals surface area contributed by atoms with Gasteiger partial charge in [-0.2, -0.15) is 0 Å². The molecule has 1 aliphatic rings. The van der Waals surface area contributed by atoms with Crippen LogP contribution >= 0.6 is 7.14 Å². The highest BCUT2D eigenvalue weighted by molar-refractivity contribution is 7.72. The van der Waals surface area contributed by atoms with E-state index in [0.29, 0.717) is 6.16 Å². The summed E-state index contributed by atoms with van der Waals surface area (Å²) in [6, 6.07) is 14.7. The van der Waals surface area contributed by atoms with Crippen LogP contribution in [-0.2, 0) is 10.7 Å². The van der Waals surface area contributed by atoms with E-state index in [4.69, 9.17) is 0 Å². The molecule has 0 saturated heterocycles. The summed E-state index contributed by atoms with van der Waals surface area (Å²) in [6.45, 7) is 8.42. The van der Waals surface area contributed by atoms with Crippen molar-refractivity contribution in [2.75, 3.05) is 0 Å². The van der Waals surface area contributed by atoms with Crippen LogP contribution in [0, 0.1) is 6.92 Å². The molecule has 2 aromatic rings. The topological polar surface area (TPSA) is 17.1 Å². The molecular formula is C18H21OP. The van der Waals surface area contributed by atoms with Crippen LogP contribution in [0.1, 0.15) is 31.9 Å². The molecule has 0 saturated carbocycles. The minimum absolute atomic E-state index is 0.207. The predicted molar refractivity (Wildman–Crippen MR) is 87.3 cm³/mol. The van der Waals surface area contributed by atoms with Crippen LogP contribution in [0.5, 0.6) is 0 Å². The Hall–Kier alpha value is -1.33. The molecule has 1 unspecified atom stereocenters. The molecule has 0 spiro atoms. The smallest absolute Gasteiger partial charge is 0.125 e. The molecule has 0 aromatic heterocycles. The zero-order valence-corrected chi connectivity index (χ0v) is 13.5. The van der Waals surface area contributed by atoms with Crippen molar-refractivity contribution in [3.8, 4) is 11.1 Å². The van der Waals surface area contributed by atoms with Gasteiger partial charge in [-0.25, -0.2) is 0 Å². The number of rotatable bonds is 0. The highest BCUT2D eigenvalue weighted by atomic mass is 31.2. The molecule has 1 aliphatic heterocycles. The van der Waals surface area contributed by atoms with E-state index in [1.165, 1.54) is 16.7 Å². The van der Waals surface area contributed by atoms with Gasteiger partial charge in [0.25, 0.3) is 0 Å². The Labute approximate surface area is 121 Å². The molecule has 1 heterocycles. The van der Waals surface area contributed by atoms with Crippen molar-refractivity contribution < 1.29 is 4.57 Å². The summed E-state index contributed by atoms with van der Waals surface area (Å²) in [7, 11) is -2.46.